The average molecular weight is 300 g/mol. The minimum Gasteiger partial charge on any atom is -0.389 e. The molecule has 0 aliphatic carbocycles. The highest BCUT2D eigenvalue weighted by molar-refractivity contribution is 7.99. The summed E-state index contributed by atoms with van der Waals surface area (Å²) in [6, 6.07) is 5.63. The lowest BCUT2D eigenvalue weighted by atomic mass is 10.2. The molecule has 2 rings (SSSR count). The lowest BCUT2D eigenvalue weighted by molar-refractivity contribution is -0.137. The van der Waals surface area contributed by atoms with Crippen LogP contribution in [0.3, 0.4) is 0 Å². The first kappa shape index (κ1) is 14.8. The summed E-state index contributed by atoms with van der Waals surface area (Å²) in [5.74, 6) is 0. The largest absolute Gasteiger partial charge is 0.417 e. The molecular formula is C13H11F3N2OS. The standard InChI is InChI=1S/C13H11F3N2OS/c1-8(19)9-4-5-17-12(6-9)20-11-3-2-10(7-18-11)13(14,15)16/h2-8,19H,1H3/t8-/m0/s1. The van der Waals surface area contributed by atoms with E-state index in [9.17, 15) is 18.3 Å². The number of aromatic nitrogens is 2. The van der Waals surface area contributed by atoms with E-state index in [-0.39, 0.29) is 0 Å². The van der Waals surface area contributed by atoms with E-state index in [4.69, 9.17) is 0 Å². The van der Waals surface area contributed by atoms with Crippen molar-refractivity contribution in [2.75, 3.05) is 0 Å². The van der Waals surface area contributed by atoms with Crippen molar-refractivity contribution in [3.63, 3.8) is 0 Å². The van der Waals surface area contributed by atoms with E-state index in [0.717, 1.165) is 24.0 Å². The maximum Gasteiger partial charge on any atom is 0.417 e. The Morgan fingerprint density at radius 1 is 1.15 bits per heavy atom. The lowest BCUT2D eigenvalue weighted by Crippen LogP contribution is -2.05. The van der Waals surface area contributed by atoms with Gasteiger partial charge in [-0.15, -0.1) is 0 Å². The van der Waals surface area contributed by atoms with Gasteiger partial charge in [0, 0.05) is 12.4 Å². The molecule has 0 aliphatic rings. The third-order valence-corrected chi connectivity index (χ3v) is 3.40. The molecule has 1 atom stereocenters. The van der Waals surface area contributed by atoms with Gasteiger partial charge in [-0.05, 0) is 36.8 Å². The smallest absolute Gasteiger partial charge is 0.389 e. The predicted octanol–water partition coefficient (Wildman–Crippen LogP) is 3.70. The van der Waals surface area contributed by atoms with Crippen LogP contribution in [-0.4, -0.2) is 15.1 Å². The van der Waals surface area contributed by atoms with Crippen LogP contribution in [0.5, 0.6) is 0 Å². The number of hydrogen-bond acceptors (Lipinski definition) is 4. The van der Waals surface area contributed by atoms with Crippen molar-refractivity contribution in [2.24, 2.45) is 0 Å². The molecule has 0 aliphatic heterocycles. The molecule has 3 nitrogen and oxygen atoms in total. The predicted molar refractivity (Wildman–Crippen MR) is 68.2 cm³/mol. The molecule has 0 unspecified atom stereocenters. The molecule has 0 saturated carbocycles. The monoisotopic (exact) mass is 300 g/mol. The number of aliphatic hydroxyl groups is 1. The van der Waals surface area contributed by atoms with Crippen LogP contribution in [0.25, 0.3) is 0 Å². The van der Waals surface area contributed by atoms with Crippen LogP contribution < -0.4 is 0 Å². The van der Waals surface area contributed by atoms with Gasteiger partial charge in [0.2, 0.25) is 0 Å². The zero-order valence-corrected chi connectivity index (χ0v) is 11.2. The third-order valence-electron chi connectivity index (χ3n) is 2.51. The van der Waals surface area contributed by atoms with Gasteiger partial charge in [0.25, 0.3) is 0 Å². The van der Waals surface area contributed by atoms with E-state index in [1.807, 2.05) is 0 Å². The van der Waals surface area contributed by atoms with Gasteiger partial charge in [-0.2, -0.15) is 13.2 Å². The maximum absolute atomic E-state index is 12.4. The Bertz CT molecular complexity index is 585. The summed E-state index contributed by atoms with van der Waals surface area (Å²) >= 11 is 1.14. The highest BCUT2D eigenvalue weighted by Gasteiger charge is 2.30. The summed E-state index contributed by atoms with van der Waals surface area (Å²) in [7, 11) is 0. The highest BCUT2D eigenvalue weighted by atomic mass is 32.2. The molecule has 0 aromatic carbocycles. The molecule has 2 aromatic heterocycles. The Hall–Kier alpha value is -1.60. The van der Waals surface area contributed by atoms with Crippen LogP contribution in [0.1, 0.15) is 24.2 Å². The quantitative estimate of drug-likeness (QED) is 0.939. The Labute approximate surface area is 117 Å². The topological polar surface area (TPSA) is 46.0 Å². The summed E-state index contributed by atoms with van der Waals surface area (Å²) in [6.07, 6.45) is -2.69. The molecule has 0 spiro atoms. The van der Waals surface area contributed by atoms with Gasteiger partial charge in [0.15, 0.2) is 0 Å². The number of alkyl halides is 3. The van der Waals surface area contributed by atoms with E-state index < -0.39 is 17.8 Å². The number of halogens is 3. The molecule has 7 heteroatoms. The van der Waals surface area contributed by atoms with Crippen LogP contribution in [0, 0.1) is 0 Å². The van der Waals surface area contributed by atoms with Crippen molar-refractivity contribution in [3.8, 4) is 0 Å². The fourth-order valence-electron chi connectivity index (χ4n) is 1.46. The molecule has 2 aromatic rings. The molecule has 2 heterocycles. The van der Waals surface area contributed by atoms with Crippen LogP contribution in [0.15, 0.2) is 46.7 Å². The maximum atomic E-state index is 12.4. The van der Waals surface area contributed by atoms with E-state index >= 15 is 0 Å². The molecule has 0 bridgehead atoms. The third kappa shape index (κ3) is 3.71. The van der Waals surface area contributed by atoms with E-state index in [1.165, 1.54) is 12.3 Å². The van der Waals surface area contributed by atoms with Crippen LogP contribution in [0.4, 0.5) is 13.2 Å². The minimum absolute atomic E-state index is 0.410. The molecule has 1 N–H and O–H groups in total. The van der Waals surface area contributed by atoms with E-state index in [0.29, 0.717) is 15.6 Å². The Morgan fingerprint density at radius 3 is 2.45 bits per heavy atom. The Morgan fingerprint density at radius 2 is 1.90 bits per heavy atom. The van der Waals surface area contributed by atoms with Crippen molar-refractivity contribution in [2.45, 2.75) is 29.3 Å². The van der Waals surface area contributed by atoms with Gasteiger partial charge < -0.3 is 5.11 Å². The van der Waals surface area contributed by atoms with Gasteiger partial charge in [-0.3, -0.25) is 0 Å². The first-order chi connectivity index (χ1) is 9.36. The van der Waals surface area contributed by atoms with Gasteiger partial charge in [0.1, 0.15) is 10.1 Å². The second kappa shape index (κ2) is 5.80. The summed E-state index contributed by atoms with van der Waals surface area (Å²) in [5.41, 5.74) is -0.0954. The van der Waals surface area contributed by atoms with Crippen molar-refractivity contribution >= 4 is 11.8 Å². The summed E-state index contributed by atoms with van der Waals surface area (Å²) in [6.45, 7) is 1.63. The summed E-state index contributed by atoms with van der Waals surface area (Å²) in [4.78, 5) is 7.83. The fourth-order valence-corrected chi connectivity index (χ4v) is 2.22. The van der Waals surface area contributed by atoms with Crippen molar-refractivity contribution < 1.29 is 18.3 Å². The van der Waals surface area contributed by atoms with Crippen molar-refractivity contribution in [1.82, 2.24) is 9.97 Å². The molecule has 0 amide bonds. The minimum atomic E-state index is -4.39. The second-order valence-electron chi connectivity index (χ2n) is 4.09. The second-order valence-corrected chi connectivity index (χ2v) is 5.13. The fraction of sp³-hybridized carbons (Fsp3) is 0.231. The van der Waals surface area contributed by atoms with E-state index in [1.54, 1.807) is 19.1 Å². The molecule has 0 radical (unpaired) electrons. The first-order valence-electron chi connectivity index (χ1n) is 5.71. The first-order valence-corrected chi connectivity index (χ1v) is 6.53. The van der Waals surface area contributed by atoms with Gasteiger partial charge in [0.05, 0.1) is 11.7 Å². The molecule has 0 saturated heterocycles. The number of hydrogen-bond donors (Lipinski definition) is 1. The number of nitrogens with zero attached hydrogens (tertiary/aromatic N) is 2. The molecule has 106 valence electrons. The van der Waals surface area contributed by atoms with Gasteiger partial charge in [-0.25, -0.2) is 9.97 Å². The Balaban J connectivity index is 2.16. The average Bonchev–Trinajstić information content (AvgIpc) is 2.38. The van der Waals surface area contributed by atoms with E-state index in [2.05, 4.69) is 9.97 Å². The molecule has 20 heavy (non-hydrogen) atoms. The number of rotatable bonds is 3. The zero-order valence-electron chi connectivity index (χ0n) is 10.4. The summed E-state index contributed by atoms with van der Waals surface area (Å²) < 4.78 is 37.2. The Kier molecular flexibility index (Phi) is 4.29. The zero-order chi connectivity index (χ0) is 14.8. The van der Waals surface area contributed by atoms with Crippen LogP contribution in [-0.2, 0) is 6.18 Å². The van der Waals surface area contributed by atoms with Crippen LogP contribution in [0.2, 0.25) is 0 Å². The SMILES string of the molecule is C[C@H](O)c1ccnc(Sc2ccc(C(F)(F)F)cn2)c1. The molecular weight excluding hydrogens is 289 g/mol. The number of aliphatic hydroxyl groups excluding tert-OH is 1. The lowest BCUT2D eigenvalue weighted by Gasteiger charge is -2.08. The van der Waals surface area contributed by atoms with Gasteiger partial charge in [-0.1, -0.05) is 11.8 Å². The van der Waals surface area contributed by atoms with Gasteiger partial charge >= 0.3 is 6.18 Å². The van der Waals surface area contributed by atoms with Crippen LogP contribution >= 0.6 is 11.8 Å². The normalized spacial score (nSPS) is 13.2. The highest BCUT2D eigenvalue weighted by Crippen LogP contribution is 2.31. The van der Waals surface area contributed by atoms with Crippen molar-refractivity contribution in [1.29, 1.82) is 0 Å². The number of pyridine rings is 2. The van der Waals surface area contributed by atoms with Crippen molar-refractivity contribution in [3.05, 3.63) is 47.8 Å². The summed E-state index contributed by atoms with van der Waals surface area (Å²) in [5, 5.41) is 10.4. The molecule has 0 fully saturated rings.